The predicted octanol–water partition coefficient (Wildman–Crippen LogP) is 3.19. The second-order valence-corrected chi connectivity index (χ2v) is 9.53. The van der Waals surface area contributed by atoms with Crippen molar-refractivity contribution in [1.82, 2.24) is 19.4 Å². The van der Waals surface area contributed by atoms with Crippen LogP contribution in [0.4, 0.5) is 0 Å². The van der Waals surface area contributed by atoms with Gasteiger partial charge < -0.3 is 14.8 Å². The third-order valence-electron chi connectivity index (χ3n) is 6.37. The van der Waals surface area contributed by atoms with Gasteiger partial charge in [-0.15, -0.1) is 0 Å². The fourth-order valence-corrected chi connectivity index (χ4v) is 5.25. The molecule has 0 aliphatic carbocycles. The van der Waals surface area contributed by atoms with E-state index in [4.69, 9.17) is 12.2 Å². The molecule has 7 nitrogen and oxygen atoms in total. The SMILES string of the molecule is CC1CC(C)CN(C(=O)c2ccc3c(=O)n(CCCN4CCCC4=O)c(=S)[nH]c3c2)C1. The monoisotopic (exact) mass is 442 g/mol. The summed E-state index contributed by atoms with van der Waals surface area (Å²) in [5.74, 6) is 1.16. The van der Waals surface area contributed by atoms with Crippen LogP contribution < -0.4 is 5.56 Å². The molecule has 2 aliphatic heterocycles. The predicted molar refractivity (Wildman–Crippen MR) is 123 cm³/mol. The number of aromatic nitrogens is 2. The zero-order valence-electron chi connectivity index (χ0n) is 18.2. The van der Waals surface area contributed by atoms with E-state index in [0.29, 0.717) is 59.0 Å². The summed E-state index contributed by atoms with van der Waals surface area (Å²) in [7, 11) is 0. The van der Waals surface area contributed by atoms with Crippen molar-refractivity contribution in [2.75, 3.05) is 26.2 Å². The minimum Gasteiger partial charge on any atom is -0.343 e. The molecule has 2 aliphatic rings. The van der Waals surface area contributed by atoms with E-state index in [1.807, 2.05) is 9.80 Å². The number of benzene rings is 1. The molecule has 1 aromatic heterocycles. The summed E-state index contributed by atoms with van der Waals surface area (Å²) in [4.78, 5) is 44.7. The first-order valence-electron chi connectivity index (χ1n) is 11.2. The lowest BCUT2D eigenvalue weighted by Crippen LogP contribution is -2.42. The Hall–Kier alpha value is -2.48. The van der Waals surface area contributed by atoms with Crippen molar-refractivity contribution in [3.8, 4) is 0 Å². The van der Waals surface area contributed by atoms with Crippen LogP contribution in [-0.4, -0.2) is 57.3 Å². The smallest absolute Gasteiger partial charge is 0.262 e. The number of fused-ring (bicyclic) bond motifs is 1. The second-order valence-electron chi connectivity index (χ2n) is 9.14. The fourth-order valence-electron chi connectivity index (χ4n) is 4.96. The normalized spacial score (nSPS) is 21.8. The Kier molecular flexibility index (Phi) is 6.27. The van der Waals surface area contributed by atoms with Crippen molar-refractivity contribution in [3.63, 3.8) is 0 Å². The van der Waals surface area contributed by atoms with Crippen LogP contribution in [0.15, 0.2) is 23.0 Å². The third kappa shape index (κ3) is 4.59. The Bertz CT molecular complexity index is 1110. The molecule has 166 valence electrons. The van der Waals surface area contributed by atoms with Gasteiger partial charge in [0.2, 0.25) is 5.91 Å². The fraction of sp³-hybridized carbons (Fsp3) is 0.565. The lowest BCUT2D eigenvalue weighted by atomic mass is 9.91. The van der Waals surface area contributed by atoms with E-state index in [1.165, 1.54) is 0 Å². The van der Waals surface area contributed by atoms with Crippen LogP contribution in [0.25, 0.3) is 10.9 Å². The molecule has 1 aromatic carbocycles. The van der Waals surface area contributed by atoms with Gasteiger partial charge >= 0.3 is 0 Å². The van der Waals surface area contributed by atoms with Crippen LogP contribution in [0, 0.1) is 16.6 Å². The number of piperidine rings is 1. The van der Waals surface area contributed by atoms with Gasteiger partial charge in [-0.1, -0.05) is 13.8 Å². The largest absolute Gasteiger partial charge is 0.343 e. The number of hydrogen-bond acceptors (Lipinski definition) is 4. The average molecular weight is 443 g/mol. The molecule has 31 heavy (non-hydrogen) atoms. The number of amides is 2. The number of rotatable bonds is 5. The van der Waals surface area contributed by atoms with Gasteiger partial charge in [-0.3, -0.25) is 19.0 Å². The highest BCUT2D eigenvalue weighted by atomic mass is 32.1. The minimum atomic E-state index is -0.161. The molecule has 0 saturated carbocycles. The number of aromatic amines is 1. The van der Waals surface area contributed by atoms with Gasteiger partial charge in [0.15, 0.2) is 4.77 Å². The molecule has 0 radical (unpaired) electrons. The van der Waals surface area contributed by atoms with E-state index < -0.39 is 0 Å². The van der Waals surface area contributed by atoms with E-state index in [9.17, 15) is 14.4 Å². The number of likely N-dealkylation sites (tertiary alicyclic amines) is 2. The molecule has 2 atom stereocenters. The zero-order valence-corrected chi connectivity index (χ0v) is 19.0. The summed E-state index contributed by atoms with van der Waals surface area (Å²) < 4.78 is 1.89. The number of nitrogens with one attached hydrogen (secondary N) is 1. The lowest BCUT2D eigenvalue weighted by Gasteiger charge is -2.35. The van der Waals surface area contributed by atoms with E-state index in [-0.39, 0.29) is 17.4 Å². The van der Waals surface area contributed by atoms with E-state index >= 15 is 0 Å². The second kappa shape index (κ2) is 8.94. The van der Waals surface area contributed by atoms with Crippen LogP contribution in [0.5, 0.6) is 0 Å². The van der Waals surface area contributed by atoms with Crippen LogP contribution in [0.2, 0.25) is 0 Å². The van der Waals surface area contributed by atoms with Crippen molar-refractivity contribution < 1.29 is 9.59 Å². The van der Waals surface area contributed by atoms with Crippen molar-refractivity contribution in [2.24, 2.45) is 11.8 Å². The summed E-state index contributed by atoms with van der Waals surface area (Å²) in [5, 5.41) is 0.516. The topological polar surface area (TPSA) is 78.4 Å². The molecular formula is C23H30N4O3S. The van der Waals surface area contributed by atoms with Gasteiger partial charge in [-0.2, -0.15) is 0 Å². The Morgan fingerprint density at radius 3 is 2.58 bits per heavy atom. The Balaban J connectivity index is 1.53. The molecule has 2 unspecified atom stereocenters. The molecule has 0 spiro atoms. The molecule has 2 amide bonds. The zero-order chi connectivity index (χ0) is 22.1. The van der Waals surface area contributed by atoms with Gasteiger partial charge in [0.25, 0.3) is 11.5 Å². The van der Waals surface area contributed by atoms with Crippen molar-refractivity contribution >= 4 is 34.9 Å². The number of carbonyl (C=O) groups is 2. The molecule has 4 rings (SSSR count). The van der Waals surface area contributed by atoms with E-state index in [1.54, 1.807) is 22.8 Å². The number of H-pyrrole nitrogens is 1. The van der Waals surface area contributed by atoms with E-state index in [0.717, 1.165) is 32.5 Å². The van der Waals surface area contributed by atoms with Crippen molar-refractivity contribution in [1.29, 1.82) is 0 Å². The van der Waals surface area contributed by atoms with Gasteiger partial charge in [-0.05, 0) is 61.5 Å². The van der Waals surface area contributed by atoms with Crippen LogP contribution >= 0.6 is 12.2 Å². The molecular weight excluding hydrogens is 412 g/mol. The summed E-state index contributed by atoms with van der Waals surface area (Å²) in [6, 6.07) is 5.19. The first kappa shape index (κ1) is 21.7. The summed E-state index contributed by atoms with van der Waals surface area (Å²) in [6.45, 7) is 7.77. The molecule has 2 aromatic rings. The van der Waals surface area contributed by atoms with Crippen LogP contribution in [0.1, 0.15) is 49.9 Å². The van der Waals surface area contributed by atoms with Crippen molar-refractivity contribution in [2.45, 2.75) is 46.1 Å². The highest BCUT2D eigenvalue weighted by Crippen LogP contribution is 2.23. The maximum Gasteiger partial charge on any atom is 0.262 e. The van der Waals surface area contributed by atoms with E-state index in [2.05, 4.69) is 18.8 Å². The van der Waals surface area contributed by atoms with Crippen molar-refractivity contribution in [3.05, 3.63) is 38.9 Å². The summed E-state index contributed by atoms with van der Waals surface area (Å²) in [5.41, 5.74) is 1.000. The highest BCUT2D eigenvalue weighted by molar-refractivity contribution is 7.71. The molecule has 0 bridgehead atoms. The average Bonchev–Trinajstić information content (AvgIpc) is 3.13. The molecule has 1 N–H and O–H groups in total. The molecule has 2 fully saturated rings. The van der Waals surface area contributed by atoms with Crippen LogP contribution in [0.3, 0.4) is 0 Å². The summed E-state index contributed by atoms with van der Waals surface area (Å²) in [6.07, 6.45) is 3.34. The Labute approximate surface area is 187 Å². The molecule has 3 heterocycles. The maximum atomic E-state index is 13.0. The number of carbonyl (C=O) groups excluding carboxylic acids is 2. The van der Waals surface area contributed by atoms with Gasteiger partial charge in [0.1, 0.15) is 0 Å². The standard InChI is InChI=1S/C23H30N4O3S/c1-15-11-16(2)14-26(13-15)21(29)17-6-7-18-19(12-17)24-23(31)27(22(18)30)10-4-9-25-8-3-5-20(25)28/h6-7,12,15-16H,3-5,8-11,13-14H2,1-2H3,(H,24,31). The third-order valence-corrected chi connectivity index (χ3v) is 6.69. The maximum absolute atomic E-state index is 13.0. The van der Waals surface area contributed by atoms with Crippen LogP contribution in [-0.2, 0) is 11.3 Å². The Morgan fingerprint density at radius 2 is 1.90 bits per heavy atom. The lowest BCUT2D eigenvalue weighted by molar-refractivity contribution is -0.127. The van der Waals surface area contributed by atoms with Gasteiger partial charge in [0.05, 0.1) is 10.9 Å². The quantitative estimate of drug-likeness (QED) is 0.722. The number of nitrogens with zero attached hydrogens (tertiary/aromatic N) is 3. The molecule has 2 saturated heterocycles. The first-order valence-corrected chi connectivity index (χ1v) is 11.6. The Morgan fingerprint density at radius 1 is 1.16 bits per heavy atom. The minimum absolute atomic E-state index is 0.000854. The van der Waals surface area contributed by atoms with Gasteiger partial charge in [-0.25, -0.2) is 0 Å². The summed E-state index contributed by atoms with van der Waals surface area (Å²) >= 11 is 5.43. The number of hydrogen-bond donors (Lipinski definition) is 1. The van der Waals surface area contributed by atoms with Gasteiger partial charge in [0, 0.05) is 44.7 Å². The first-order chi connectivity index (χ1) is 14.8. The highest BCUT2D eigenvalue weighted by Gasteiger charge is 2.26. The molecule has 8 heteroatoms.